The highest BCUT2D eigenvalue weighted by Crippen LogP contribution is 2.26. The maximum absolute atomic E-state index is 12.5. The summed E-state index contributed by atoms with van der Waals surface area (Å²) in [6.07, 6.45) is 0.206. The Bertz CT molecular complexity index is 419. The monoisotopic (exact) mass is 312 g/mol. The number of amides is 2. The normalized spacial score (nSPS) is 24.8. The molecule has 1 rings (SSSR count). The Morgan fingerprint density at radius 1 is 1.09 bits per heavy atom. The van der Waals surface area contributed by atoms with E-state index in [9.17, 15) is 14.7 Å². The molecule has 1 saturated heterocycles. The van der Waals surface area contributed by atoms with Crippen molar-refractivity contribution >= 4 is 11.8 Å². The molecule has 3 unspecified atom stereocenters. The van der Waals surface area contributed by atoms with Gasteiger partial charge in [-0.15, -0.1) is 0 Å². The van der Waals surface area contributed by atoms with Crippen molar-refractivity contribution in [2.45, 2.75) is 67.0 Å². The molecule has 0 bridgehead atoms. The first kappa shape index (κ1) is 18.9. The average Bonchev–Trinajstić information content (AvgIpc) is 2.35. The SMILES string of the molecule is CC(O)C1CC(NC(=O)C(C)(C)C)CN(C(=O)C(C)(C)C)C1. The van der Waals surface area contributed by atoms with E-state index in [0.717, 1.165) is 0 Å². The van der Waals surface area contributed by atoms with Crippen molar-refractivity contribution in [1.29, 1.82) is 0 Å². The van der Waals surface area contributed by atoms with Gasteiger partial charge < -0.3 is 15.3 Å². The first-order valence-corrected chi connectivity index (χ1v) is 8.10. The number of nitrogens with zero attached hydrogens (tertiary/aromatic N) is 1. The topological polar surface area (TPSA) is 69.6 Å². The standard InChI is InChI=1S/C17H32N2O3/c1-11(20)12-8-13(18-14(21)16(2,3)4)10-19(9-12)15(22)17(5,6)7/h11-13,20H,8-10H2,1-7H3,(H,18,21). The molecule has 1 fully saturated rings. The van der Waals surface area contributed by atoms with Crippen LogP contribution in [0.5, 0.6) is 0 Å². The Morgan fingerprint density at radius 2 is 1.64 bits per heavy atom. The fourth-order valence-electron chi connectivity index (χ4n) is 2.63. The summed E-state index contributed by atoms with van der Waals surface area (Å²) in [7, 11) is 0. The number of piperidine rings is 1. The minimum atomic E-state index is -0.496. The maximum Gasteiger partial charge on any atom is 0.228 e. The third kappa shape index (κ3) is 4.97. The molecule has 1 heterocycles. The highest BCUT2D eigenvalue weighted by atomic mass is 16.3. The van der Waals surface area contributed by atoms with E-state index in [1.54, 1.807) is 11.8 Å². The van der Waals surface area contributed by atoms with Crippen LogP contribution in [0.3, 0.4) is 0 Å². The molecule has 0 aliphatic carbocycles. The van der Waals surface area contributed by atoms with Gasteiger partial charge in [-0.05, 0) is 13.3 Å². The molecule has 5 heteroatoms. The fraction of sp³-hybridized carbons (Fsp3) is 0.882. The maximum atomic E-state index is 12.5. The van der Waals surface area contributed by atoms with Crippen LogP contribution in [0, 0.1) is 16.7 Å². The van der Waals surface area contributed by atoms with Gasteiger partial charge in [-0.1, -0.05) is 41.5 Å². The van der Waals surface area contributed by atoms with E-state index >= 15 is 0 Å². The Kier molecular flexibility index (Phi) is 5.66. The van der Waals surface area contributed by atoms with E-state index in [1.165, 1.54) is 0 Å². The molecule has 0 aromatic carbocycles. The zero-order valence-corrected chi connectivity index (χ0v) is 15.1. The summed E-state index contributed by atoms with van der Waals surface area (Å²) in [6.45, 7) is 14.1. The summed E-state index contributed by atoms with van der Waals surface area (Å²) in [5, 5.41) is 13.0. The van der Waals surface area contributed by atoms with Gasteiger partial charge in [-0.2, -0.15) is 0 Å². The number of rotatable bonds is 2. The molecular formula is C17H32N2O3. The van der Waals surface area contributed by atoms with Crippen molar-refractivity contribution in [2.24, 2.45) is 16.7 Å². The zero-order chi connectivity index (χ0) is 17.3. The van der Waals surface area contributed by atoms with E-state index in [2.05, 4.69) is 5.32 Å². The van der Waals surface area contributed by atoms with Gasteiger partial charge in [0.2, 0.25) is 11.8 Å². The van der Waals surface area contributed by atoms with Gasteiger partial charge in [0, 0.05) is 35.9 Å². The molecule has 0 saturated carbocycles. The van der Waals surface area contributed by atoms with Crippen molar-refractivity contribution in [3.63, 3.8) is 0 Å². The van der Waals surface area contributed by atoms with Crippen LogP contribution >= 0.6 is 0 Å². The van der Waals surface area contributed by atoms with E-state index in [-0.39, 0.29) is 23.8 Å². The van der Waals surface area contributed by atoms with E-state index in [4.69, 9.17) is 0 Å². The number of aliphatic hydroxyl groups excluding tert-OH is 1. The van der Waals surface area contributed by atoms with Gasteiger partial charge >= 0.3 is 0 Å². The minimum Gasteiger partial charge on any atom is -0.393 e. The van der Waals surface area contributed by atoms with E-state index < -0.39 is 16.9 Å². The first-order valence-electron chi connectivity index (χ1n) is 8.10. The predicted octanol–water partition coefficient (Wildman–Crippen LogP) is 1.79. The molecule has 1 aliphatic rings. The summed E-state index contributed by atoms with van der Waals surface area (Å²) >= 11 is 0. The third-order valence-corrected chi connectivity index (χ3v) is 4.11. The molecule has 0 spiro atoms. The summed E-state index contributed by atoms with van der Waals surface area (Å²) in [5.74, 6) is 0.0325. The lowest BCUT2D eigenvalue weighted by atomic mass is 9.86. The minimum absolute atomic E-state index is 0.00896. The zero-order valence-electron chi connectivity index (χ0n) is 15.1. The number of hydrogen-bond donors (Lipinski definition) is 2. The Morgan fingerprint density at radius 3 is 2.05 bits per heavy atom. The van der Waals surface area contributed by atoms with Crippen LogP contribution in [0.25, 0.3) is 0 Å². The Labute approximate surface area is 134 Å². The summed E-state index contributed by atoms with van der Waals surface area (Å²) in [4.78, 5) is 26.5. The lowest BCUT2D eigenvalue weighted by Gasteiger charge is -2.42. The molecule has 5 nitrogen and oxygen atoms in total. The number of hydrogen-bond acceptors (Lipinski definition) is 3. The molecule has 2 N–H and O–H groups in total. The van der Waals surface area contributed by atoms with Gasteiger partial charge in [-0.3, -0.25) is 9.59 Å². The summed E-state index contributed by atoms with van der Waals surface area (Å²) in [5.41, 5.74) is -0.921. The van der Waals surface area contributed by atoms with Crippen molar-refractivity contribution in [3.05, 3.63) is 0 Å². The van der Waals surface area contributed by atoms with Crippen LogP contribution in [0.2, 0.25) is 0 Å². The number of nitrogens with one attached hydrogen (secondary N) is 1. The average molecular weight is 312 g/mol. The van der Waals surface area contributed by atoms with Crippen LogP contribution in [0.4, 0.5) is 0 Å². The van der Waals surface area contributed by atoms with Gasteiger partial charge in [0.05, 0.1) is 6.10 Å². The third-order valence-electron chi connectivity index (χ3n) is 4.11. The largest absolute Gasteiger partial charge is 0.393 e. The lowest BCUT2D eigenvalue weighted by molar-refractivity contribution is -0.144. The van der Waals surface area contributed by atoms with Crippen molar-refractivity contribution < 1.29 is 14.7 Å². The second-order valence-electron chi connectivity index (χ2n) is 8.62. The molecule has 22 heavy (non-hydrogen) atoms. The fourth-order valence-corrected chi connectivity index (χ4v) is 2.63. The second kappa shape index (κ2) is 6.57. The molecule has 1 aliphatic heterocycles. The van der Waals surface area contributed by atoms with Gasteiger partial charge in [0.1, 0.15) is 0 Å². The highest BCUT2D eigenvalue weighted by Gasteiger charge is 2.37. The van der Waals surface area contributed by atoms with Crippen LogP contribution in [0.1, 0.15) is 54.9 Å². The molecule has 3 atom stereocenters. The number of likely N-dealkylation sites (tertiary alicyclic amines) is 1. The van der Waals surface area contributed by atoms with Gasteiger partial charge in [0.15, 0.2) is 0 Å². The summed E-state index contributed by atoms with van der Waals surface area (Å²) in [6, 6.07) is -0.105. The van der Waals surface area contributed by atoms with Crippen molar-refractivity contribution in [3.8, 4) is 0 Å². The quantitative estimate of drug-likeness (QED) is 0.817. The van der Waals surface area contributed by atoms with Gasteiger partial charge in [-0.25, -0.2) is 0 Å². The Hall–Kier alpha value is -1.10. The first-order chi connectivity index (χ1) is 9.82. The molecule has 0 aromatic rings. The van der Waals surface area contributed by atoms with Crippen molar-refractivity contribution in [2.75, 3.05) is 13.1 Å². The molecule has 0 radical (unpaired) electrons. The molecule has 0 aromatic heterocycles. The van der Waals surface area contributed by atoms with Crippen LogP contribution in [-0.4, -0.2) is 47.1 Å². The highest BCUT2D eigenvalue weighted by molar-refractivity contribution is 5.83. The number of carbonyl (C=O) groups excluding carboxylic acids is 2. The molecule has 2 amide bonds. The van der Waals surface area contributed by atoms with Crippen LogP contribution in [0.15, 0.2) is 0 Å². The second-order valence-corrected chi connectivity index (χ2v) is 8.62. The van der Waals surface area contributed by atoms with E-state index in [0.29, 0.717) is 19.5 Å². The lowest BCUT2D eigenvalue weighted by Crippen LogP contribution is -2.57. The number of carbonyl (C=O) groups is 2. The van der Waals surface area contributed by atoms with Crippen LogP contribution < -0.4 is 5.32 Å². The van der Waals surface area contributed by atoms with Gasteiger partial charge in [0.25, 0.3) is 0 Å². The molecular weight excluding hydrogens is 280 g/mol. The van der Waals surface area contributed by atoms with Crippen molar-refractivity contribution in [1.82, 2.24) is 10.2 Å². The van der Waals surface area contributed by atoms with E-state index in [1.807, 2.05) is 41.5 Å². The number of aliphatic hydroxyl groups is 1. The molecule has 128 valence electrons. The smallest absolute Gasteiger partial charge is 0.228 e. The van der Waals surface area contributed by atoms with Crippen LogP contribution in [-0.2, 0) is 9.59 Å². The predicted molar refractivity (Wildman–Crippen MR) is 87.2 cm³/mol. The summed E-state index contributed by atoms with van der Waals surface area (Å²) < 4.78 is 0. The Balaban J connectivity index is 2.86.